The first kappa shape index (κ1) is 15.7. The minimum atomic E-state index is -0.115. The molecule has 0 radical (unpaired) electrons. The van der Waals surface area contributed by atoms with E-state index in [1.807, 2.05) is 6.92 Å². The van der Waals surface area contributed by atoms with E-state index >= 15 is 0 Å². The second-order valence-electron chi connectivity index (χ2n) is 4.12. The Hall–Kier alpha value is -1.34. The Morgan fingerprint density at radius 3 is 2.84 bits per heavy atom. The molecule has 0 aromatic carbocycles. The Bertz CT molecular complexity index is 408. The molecule has 0 fully saturated rings. The van der Waals surface area contributed by atoms with Crippen molar-refractivity contribution in [2.75, 3.05) is 37.3 Å². The molecule has 0 saturated heterocycles. The molecule has 0 atom stereocenters. The van der Waals surface area contributed by atoms with E-state index in [1.165, 1.54) is 11.3 Å². The van der Waals surface area contributed by atoms with E-state index in [0.29, 0.717) is 29.5 Å². The van der Waals surface area contributed by atoms with Crippen LogP contribution in [0.3, 0.4) is 0 Å². The van der Waals surface area contributed by atoms with Crippen molar-refractivity contribution in [1.29, 1.82) is 0 Å². The summed E-state index contributed by atoms with van der Waals surface area (Å²) in [6.45, 7) is 5.97. The van der Waals surface area contributed by atoms with E-state index in [9.17, 15) is 4.79 Å². The van der Waals surface area contributed by atoms with Gasteiger partial charge in [-0.15, -0.1) is 0 Å². The van der Waals surface area contributed by atoms with Crippen LogP contribution in [0.1, 0.15) is 36.4 Å². The molecule has 1 rings (SSSR count). The molecular weight excluding hydrogens is 264 g/mol. The number of nitrogens with one attached hydrogen (secondary N) is 1. The highest BCUT2D eigenvalue weighted by Gasteiger charge is 2.20. The summed E-state index contributed by atoms with van der Waals surface area (Å²) in [5, 5.41) is 12.6. The third-order valence-electron chi connectivity index (χ3n) is 2.63. The topological polar surface area (TPSA) is 91.5 Å². The molecule has 1 amide bonds. The van der Waals surface area contributed by atoms with Crippen LogP contribution in [0.2, 0.25) is 0 Å². The van der Waals surface area contributed by atoms with Crippen molar-refractivity contribution < 1.29 is 9.90 Å². The van der Waals surface area contributed by atoms with Gasteiger partial charge in [0.15, 0.2) is 5.13 Å². The lowest BCUT2D eigenvalue weighted by molar-refractivity contribution is 0.0760. The fourth-order valence-corrected chi connectivity index (χ4v) is 2.48. The molecule has 1 aromatic rings. The van der Waals surface area contributed by atoms with Crippen LogP contribution in [0.5, 0.6) is 0 Å². The molecule has 1 aromatic heterocycles. The molecule has 0 aliphatic rings. The van der Waals surface area contributed by atoms with Gasteiger partial charge >= 0.3 is 0 Å². The lowest BCUT2D eigenvalue weighted by Crippen LogP contribution is -2.32. The number of aliphatic hydroxyl groups excluding tert-OH is 1. The van der Waals surface area contributed by atoms with Crippen LogP contribution in [0.4, 0.5) is 10.9 Å². The molecule has 6 nitrogen and oxygen atoms in total. The van der Waals surface area contributed by atoms with E-state index in [2.05, 4.69) is 17.2 Å². The fourth-order valence-electron chi connectivity index (χ4n) is 1.60. The van der Waals surface area contributed by atoms with Gasteiger partial charge in [-0.2, -0.15) is 0 Å². The van der Waals surface area contributed by atoms with Gasteiger partial charge in [0.05, 0.1) is 0 Å². The van der Waals surface area contributed by atoms with Gasteiger partial charge in [0.1, 0.15) is 10.7 Å². The Kier molecular flexibility index (Phi) is 6.58. The van der Waals surface area contributed by atoms with Crippen LogP contribution in [0.25, 0.3) is 0 Å². The third kappa shape index (κ3) is 4.36. The van der Waals surface area contributed by atoms with Crippen LogP contribution >= 0.6 is 11.3 Å². The zero-order valence-corrected chi connectivity index (χ0v) is 12.3. The molecule has 0 spiro atoms. The normalized spacial score (nSPS) is 10.5. The van der Waals surface area contributed by atoms with Gasteiger partial charge in [0, 0.05) is 26.2 Å². The number of hydrogen-bond donors (Lipinski definition) is 3. The Morgan fingerprint density at radius 2 is 2.26 bits per heavy atom. The van der Waals surface area contributed by atoms with E-state index in [4.69, 9.17) is 10.8 Å². The summed E-state index contributed by atoms with van der Waals surface area (Å²) in [6, 6.07) is 0. The summed E-state index contributed by atoms with van der Waals surface area (Å²) in [7, 11) is 0. The molecule has 4 N–H and O–H groups in total. The number of amides is 1. The first-order valence-corrected chi connectivity index (χ1v) is 7.35. The van der Waals surface area contributed by atoms with Crippen molar-refractivity contribution in [3.05, 3.63) is 4.88 Å². The quantitative estimate of drug-likeness (QED) is 0.672. The number of carbonyl (C=O) groups excluding carboxylic acids is 1. The fraction of sp³-hybridized carbons (Fsp3) is 0.667. The lowest BCUT2D eigenvalue weighted by Gasteiger charge is -2.19. The maximum atomic E-state index is 12.3. The number of carbonyl (C=O) groups is 1. The largest absolute Gasteiger partial charge is 0.396 e. The first-order valence-electron chi connectivity index (χ1n) is 6.54. The minimum Gasteiger partial charge on any atom is -0.396 e. The van der Waals surface area contributed by atoms with Gasteiger partial charge < -0.3 is 21.1 Å². The van der Waals surface area contributed by atoms with Crippen molar-refractivity contribution in [3.8, 4) is 0 Å². The third-order valence-corrected chi connectivity index (χ3v) is 3.65. The first-order chi connectivity index (χ1) is 9.13. The minimum absolute atomic E-state index is 0.0747. The lowest BCUT2D eigenvalue weighted by atomic mass is 10.3. The number of thiazole rings is 1. The average molecular weight is 286 g/mol. The van der Waals surface area contributed by atoms with E-state index in [0.717, 1.165) is 13.0 Å². The standard InChI is InChI=1S/C12H22N4O2S/c1-3-6-14-12-15-10(13)9(19-12)11(18)16(4-2)7-5-8-17/h17H,3-8,13H2,1-2H3,(H,14,15). The number of nitrogens with zero attached hydrogens (tertiary/aromatic N) is 2. The SMILES string of the molecule is CCCNc1nc(N)c(C(=O)N(CC)CCCO)s1. The maximum absolute atomic E-state index is 12.3. The zero-order valence-electron chi connectivity index (χ0n) is 11.5. The number of nitrogen functional groups attached to an aromatic ring is 1. The van der Waals surface area contributed by atoms with Gasteiger partial charge in [-0.05, 0) is 19.8 Å². The molecule has 108 valence electrons. The smallest absolute Gasteiger partial charge is 0.267 e. The molecule has 0 unspecified atom stereocenters. The Labute approximate surface area is 117 Å². The molecule has 1 heterocycles. The van der Waals surface area contributed by atoms with Gasteiger partial charge in [-0.25, -0.2) is 4.98 Å². The van der Waals surface area contributed by atoms with Crippen LogP contribution in [0, 0.1) is 0 Å². The van der Waals surface area contributed by atoms with Crippen LogP contribution < -0.4 is 11.1 Å². The van der Waals surface area contributed by atoms with Crippen molar-refractivity contribution in [1.82, 2.24) is 9.88 Å². The monoisotopic (exact) mass is 286 g/mol. The highest BCUT2D eigenvalue weighted by molar-refractivity contribution is 7.18. The molecule has 7 heteroatoms. The molecular formula is C12H22N4O2S. The van der Waals surface area contributed by atoms with Crippen LogP contribution in [0.15, 0.2) is 0 Å². The number of nitrogens with two attached hydrogens (primary N) is 1. The predicted molar refractivity (Wildman–Crippen MR) is 78.6 cm³/mol. The number of hydrogen-bond acceptors (Lipinski definition) is 6. The summed E-state index contributed by atoms with van der Waals surface area (Å²) in [6.07, 6.45) is 1.56. The van der Waals surface area contributed by atoms with E-state index < -0.39 is 0 Å². The number of anilines is 2. The van der Waals surface area contributed by atoms with Crippen LogP contribution in [-0.4, -0.2) is 47.1 Å². The molecule has 0 aliphatic heterocycles. The predicted octanol–water partition coefficient (Wildman–Crippen LogP) is 1.39. The number of aromatic nitrogens is 1. The average Bonchev–Trinajstić information content (AvgIpc) is 2.78. The summed E-state index contributed by atoms with van der Waals surface area (Å²) in [4.78, 5) is 18.6. The summed E-state index contributed by atoms with van der Waals surface area (Å²) in [5.41, 5.74) is 5.80. The highest BCUT2D eigenvalue weighted by Crippen LogP contribution is 2.26. The molecule has 0 saturated carbocycles. The van der Waals surface area contributed by atoms with Gasteiger partial charge in [-0.3, -0.25) is 4.79 Å². The highest BCUT2D eigenvalue weighted by atomic mass is 32.1. The maximum Gasteiger partial charge on any atom is 0.267 e. The van der Waals surface area contributed by atoms with Gasteiger partial charge in [0.2, 0.25) is 0 Å². The van der Waals surface area contributed by atoms with E-state index in [-0.39, 0.29) is 18.3 Å². The van der Waals surface area contributed by atoms with Crippen molar-refractivity contribution in [2.24, 2.45) is 0 Å². The Morgan fingerprint density at radius 1 is 1.53 bits per heavy atom. The zero-order chi connectivity index (χ0) is 14.3. The second kappa shape index (κ2) is 7.96. The van der Waals surface area contributed by atoms with E-state index in [1.54, 1.807) is 4.90 Å². The summed E-state index contributed by atoms with van der Waals surface area (Å²) >= 11 is 1.28. The summed E-state index contributed by atoms with van der Waals surface area (Å²) in [5.74, 6) is 0.159. The molecule has 19 heavy (non-hydrogen) atoms. The Balaban J connectivity index is 2.76. The summed E-state index contributed by atoms with van der Waals surface area (Å²) < 4.78 is 0. The molecule has 0 bridgehead atoms. The van der Waals surface area contributed by atoms with Gasteiger partial charge in [-0.1, -0.05) is 18.3 Å². The number of rotatable bonds is 8. The van der Waals surface area contributed by atoms with Gasteiger partial charge in [0.25, 0.3) is 5.91 Å². The second-order valence-corrected chi connectivity index (χ2v) is 5.12. The number of aliphatic hydroxyl groups is 1. The van der Waals surface area contributed by atoms with Crippen LogP contribution in [-0.2, 0) is 0 Å². The van der Waals surface area contributed by atoms with Crippen molar-refractivity contribution in [3.63, 3.8) is 0 Å². The van der Waals surface area contributed by atoms with Crippen molar-refractivity contribution >= 4 is 28.2 Å². The van der Waals surface area contributed by atoms with Crippen molar-refractivity contribution in [2.45, 2.75) is 26.7 Å². The molecule has 0 aliphatic carbocycles.